The highest BCUT2D eigenvalue weighted by Crippen LogP contribution is 2.31. The lowest BCUT2D eigenvalue weighted by molar-refractivity contribution is -0.137. The third-order valence-electron chi connectivity index (χ3n) is 2.67. The maximum Gasteiger partial charge on any atom is 0.315 e. The lowest BCUT2D eigenvalue weighted by Gasteiger charge is -2.14. The van der Waals surface area contributed by atoms with Crippen LogP contribution in [0.15, 0.2) is 48.5 Å². The van der Waals surface area contributed by atoms with Crippen LogP contribution in [0.1, 0.15) is 17.0 Å². The quantitative estimate of drug-likeness (QED) is 0.915. The SMILES string of the molecule is O=C(O)[C@H](c1ccc(Cl)cc1)c1ccccc1Cl. The molecule has 0 saturated carbocycles. The van der Waals surface area contributed by atoms with Crippen molar-refractivity contribution in [1.29, 1.82) is 0 Å². The van der Waals surface area contributed by atoms with E-state index < -0.39 is 11.9 Å². The van der Waals surface area contributed by atoms with Crippen molar-refractivity contribution in [3.63, 3.8) is 0 Å². The van der Waals surface area contributed by atoms with Crippen molar-refractivity contribution in [2.45, 2.75) is 5.92 Å². The van der Waals surface area contributed by atoms with Crippen LogP contribution in [0.2, 0.25) is 10.0 Å². The number of hydrogen-bond donors (Lipinski definition) is 1. The van der Waals surface area contributed by atoms with E-state index >= 15 is 0 Å². The molecule has 0 saturated heterocycles. The summed E-state index contributed by atoms with van der Waals surface area (Å²) in [6.07, 6.45) is 0. The molecule has 0 bridgehead atoms. The number of aliphatic carboxylic acids is 1. The molecule has 0 aromatic heterocycles. The molecule has 0 spiro atoms. The molecule has 1 atom stereocenters. The van der Waals surface area contributed by atoms with Crippen LogP contribution in [0.5, 0.6) is 0 Å². The Hall–Kier alpha value is -1.51. The third-order valence-corrected chi connectivity index (χ3v) is 3.26. The predicted octanol–water partition coefficient (Wildman–Crippen LogP) is 4.21. The maximum absolute atomic E-state index is 11.4. The van der Waals surface area contributed by atoms with Crippen LogP contribution in [0.3, 0.4) is 0 Å². The second-order valence-electron chi connectivity index (χ2n) is 3.84. The van der Waals surface area contributed by atoms with Crippen LogP contribution in [0.25, 0.3) is 0 Å². The van der Waals surface area contributed by atoms with Crippen LogP contribution >= 0.6 is 23.2 Å². The smallest absolute Gasteiger partial charge is 0.315 e. The third kappa shape index (κ3) is 2.66. The average Bonchev–Trinajstić information content (AvgIpc) is 2.34. The largest absolute Gasteiger partial charge is 0.481 e. The fraction of sp³-hybridized carbons (Fsp3) is 0.0714. The van der Waals surface area contributed by atoms with Crippen LogP contribution < -0.4 is 0 Å². The maximum atomic E-state index is 11.4. The van der Waals surface area contributed by atoms with E-state index in [0.717, 1.165) is 0 Å². The molecular formula is C14H10Cl2O2. The number of carbonyl (C=O) groups is 1. The van der Waals surface area contributed by atoms with E-state index in [4.69, 9.17) is 23.2 Å². The number of benzene rings is 2. The van der Waals surface area contributed by atoms with Crippen molar-refractivity contribution >= 4 is 29.2 Å². The van der Waals surface area contributed by atoms with E-state index in [1.807, 2.05) is 0 Å². The van der Waals surface area contributed by atoms with Gasteiger partial charge in [0.2, 0.25) is 0 Å². The number of rotatable bonds is 3. The Kier molecular flexibility index (Phi) is 3.90. The average molecular weight is 281 g/mol. The molecule has 2 rings (SSSR count). The van der Waals surface area contributed by atoms with Crippen LogP contribution in [0, 0.1) is 0 Å². The van der Waals surface area contributed by atoms with Gasteiger partial charge in [0, 0.05) is 10.0 Å². The Balaban J connectivity index is 2.50. The lowest BCUT2D eigenvalue weighted by Crippen LogP contribution is -2.13. The highest BCUT2D eigenvalue weighted by Gasteiger charge is 2.23. The topological polar surface area (TPSA) is 37.3 Å². The first kappa shape index (κ1) is 12.9. The fourth-order valence-electron chi connectivity index (χ4n) is 1.82. The zero-order valence-corrected chi connectivity index (χ0v) is 10.8. The second-order valence-corrected chi connectivity index (χ2v) is 4.69. The van der Waals surface area contributed by atoms with Gasteiger partial charge in [0.15, 0.2) is 0 Å². The van der Waals surface area contributed by atoms with E-state index in [1.165, 1.54) is 0 Å². The molecule has 0 heterocycles. The standard InChI is InChI=1S/C14H10Cl2O2/c15-10-7-5-9(6-8-10)13(14(17)18)11-3-1-2-4-12(11)16/h1-8,13H,(H,17,18)/t13-/m1/s1. The summed E-state index contributed by atoms with van der Waals surface area (Å²) in [4.78, 5) is 11.4. The van der Waals surface area contributed by atoms with Gasteiger partial charge < -0.3 is 5.11 Å². The number of carboxylic acids is 1. The summed E-state index contributed by atoms with van der Waals surface area (Å²) in [5.74, 6) is -1.72. The van der Waals surface area contributed by atoms with Crippen molar-refractivity contribution in [3.8, 4) is 0 Å². The van der Waals surface area contributed by atoms with Gasteiger partial charge in [-0.15, -0.1) is 0 Å². The molecule has 2 aromatic rings. The molecule has 0 aliphatic carbocycles. The van der Waals surface area contributed by atoms with Gasteiger partial charge in [0.1, 0.15) is 5.92 Å². The van der Waals surface area contributed by atoms with Crippen LogP contribution in [0.4, 0.5) is 0 Å². The van der Waals surface area contributed by atoms with Crippen molar-refractivity contribution in [1.82, 2.24) is 0 Å². The monoisotopic (exact) mass is 280 g/mol. The molecule has 0 aliphatic rings. The molecule has 0 fully saturated rings. The highest BCUT2D eigenvalue weighted by molar-refractivity contribution is 6.31. The second kappa shape index (κ2) is 5.42. The Morgan fingerprint density at radius 1 is 1.00 bits per heavy atom. The molecule has 0 unspecified atom stereocenters. The normalized spacial score (nSPS) is 12.1. The van der Waals surface area contributed by atoms with E-state index in [-0.39, 0.29) is 0 Å². The molecule has 92 valence electrons. The summed E-state index contributed by atoms with van der Waals surface area (Å²) < 4.78 is 0. The molecule has 0 aliphatic heterocycles. The minimum atomic E-state index is -0.939. The lowest BCUT2D eigenvalue weighted by atomic mass is 9.91. The zero-order chi connectivity index (χ0) is 13.1. The van der Waals surface area contributed by atoms with Gasteiger partial charge in [-0.25, -0.2) is 0 Å². The van der Waals surface area contributed by atoms with Crippen LogP contribution in [-0.4, -0.2) is 11.1 Å². The highest BCUT2D eigenvalue weighted by atomic mass is 35.5. The molecule has 0 radical (unpaired) electrons. The summed E-state index contributed by atoms with van der Waals surface area (Å²) in [6.45, 7) is 0. The molecule has 2 aromatic carbocycles. The van der Waals surface area contributed by atoms with Gasteiger partial charge in [0.25, 0.3) is 0 Å². The Labute approximate surface area is 115 Å². The summed E-state index contributed by atoms with van der Waals surface area (Å²) in [5, 5.41) is 10.4. The van der Waals surface area contributed by atoms with Crippen molar-refractivity contribution < 1.29 is 9.90 Å². The molecule has 4 heteroatoms. The van der Waals surface area contributed by atoms with Gasteiger partial charge in [-0.1, -0.05) is 53.5 Å². The van der Waals surface area contributed by atoms with Gasteiger partial charge in [0.05, 0.1) is 0 Å². The summed E-state index contributed by atoms with van der Waals surface area (Å²) in [7, 11) is 0. The Morgan fingerprint density at radius 2 is 1.61 bits per heavy atom. The van der Waals surface area contributed by atoms with E-state index in [1.54, 1.807) is 48.5 Å². The van der Waals surface area contributed by atoms with Gasteiger partial charge in [-0.05, 0) is 29.3 Å². The summed E-state index contributed by atoms with van der Waals surface area (Å²) >= 11 is 11.9. The minimum Gasteiger partial charge on any atom is -0.481 e. The molecule has 0 amide bonds. The first-order chi connectivity index (χ1) is 8.59. The Bertz CT molecular complexity index is 564. The zero-order valence-electron chi connectivity index (χ0n) is 9.31. The van der Waals surface area contributed by atoms with Gasteiger partial charge in [-0.3, -0.25) is 4.79 Å². The Morgan fingerprint density at radius 3 is 2.17 bits per heavy atom. The summed E-state index contributed by atoms with van der Waals surface area (Å²) in [5.41, 5.74) is 1.23. The first-order valence-electron chi connectivity index (χ1n) is 5.32. The number of hydrogen-bond acceptors (Lipinski definition) is 1. The van der Waals surface area contributed by atoms with Gasteiger partial charge >= 0.3 is 5.97 Å². The van der Waals surface area contributed by atoms with Gasteiger partial charge in [-0.2, -0.15) is 0 Å². The molecular weight excluding hydrogens is 271 g/mol. The predicted molar refractivity (Wildman–Crippen MR) is 72.4 cm³/mol. The summed E-state index contributed by atoms with van der Waals surface area (Å²) in [6, 6.07) is 13.7. The van der Waals surface area contributed by atoms with Crippen LogP contribution in [-0.2, 0) is 4.79 Å². The van der Waals surface area contributed by atoms with E-state index in [2.05, 4.69) is 0 Å². The van der Waals surface area contributed by atoms with Crippen molar-refractivity contribution in [2.24, 2.45) is 0 Å². The van der Waals surface area contributed by atoms with Crippen molar-refractivity contribution in [3.05, 3.63) is 69.7 Å². The fourth-order valence-corrected chi connectivity index (χ4v) is 2.19. The molecule has 1 N–H and O–H groups in total. The minimum absolute atomic E-state index is 0.444. The first-order valence-corrected chi connectivity index (χ1v) is 6.08. The number of carboxylic acid groups (broad SMARTS) is 1. The number of halogens is 2. The molecule has 2 nitrogen and oxygen atoms in total. The van der Waals surface area contributed by atoms with E-state index in [9.17, 15) is 9.90 Å². The van der Waals surface area contributed by atoms with E-state index in [0.29, 0.717) is 21.2 Å². The van der Waals surface area contributed by atoms with Crippen molar-refractivity contribution in [2.75, 3.05) is 0 Å². The molecule has 18 heavy (non-hydrogen) atoms.